The van der Waals surface area contributed by atoms with Crippen molar-refractivity contribution in [3.05, 3.63) is 88.9 Å². The Morgan fingerprint density at radius 1 is 0.808 bits per heavy atom. The monoisotopic (exact) mass is 430 g/mol. The number of hydrogen-bond donors (Lipinski definition) is 0. The Hall–Kier alpha value is -2.44. The number of carbonyl (C=O) groups is 1. The fraction of sp³-hybridized carbons (Fsp3) is 0.0500. The second kappa shape index (κ2) is 7.85. The maximum atomic E-state index is 12.5. The highest BCUT2D eigenvalue weighted by Gasteiger charge is 2.20. The summed E-state index contributed by atoms with van der Waals surface area (Å²) in [5.74, 6) is 0.165. The number of hydrogen-bond acceptors (Lipinski definition) is 4. The van der Waals surface area contributed by atoms with E-state index in [1.54, 1.807) is 36.4 Å². The fourth-order valence-corrected chi connectivity index (χ4v) is 3.81. The number of carbonyl (C=O) groups excluding carboxylic acids is 1. The largest absolute Gasteiger partial charge is 0.457 e. The summed E-state index contributed by atoms with van der Waals surface area (Å²) in [5, 5.41) is 0. The van der Waals surface area contributed by atoms with Crippen LogP contribution in [-0.4, -0.2) is 20.0 Å². The third-order valence-corrected chi connectivity index (χ3v) is 5.81. The second-order valence-electron chi connectivity index (χ2n) is 5.58. The first-order chi connectivity index (χ1) is 12.4. The van der Waals surface area contributed by atoms with E-state index in [0.29, 0.717) is 17.1 Å². The highest BCUT2D eigenvalue weighted by atomic mass is 79.9. The van der Waals surface area contributed by atoms with Gasteiger partial charge in [-0.1, -0.05) is 46.3 Å². The van der Waals surface area contributed by atoms with Crippen molar-refractivity contribution in [2.24, 2.45) is 0 Å². The molecule has 0 radical (unpaired) electrons. The third kappa shape index (κ3) is 4.59. The summed E-state index contributed by atoms with van der Waals surface area (Å²) in [6.45, 7) is 0. The Labute approximate surface area is 160 Å². The maximum absolute atomic E-state index is 12.5. The van der Waals surface area contributed by atoms with Gasteiger partial charge in [0.1, 0.15) is 17.3 Å². The number of rotatable bonds is 6. The molecule has 3 rings (SSSR count). The SMILES string of the molecule is O=C(CS(=O)(=O)c1ccc(Oc2ccccc2)cc1)c1ccc(Br)cc1. The summed E-state index contributed by atoms with van der Waals surface area (Å²) in [7, 11) is -3.72. The zero-order valence-corrected chi connectivity index (χ0v) is 16.0. The zero-order chi connectivity index (χ0) is 18.6. The smallest absolute Gasteiger partial charge is 0.185 e. The Bertz CT molecular complexity index is 996. The number of Topliss-reactive ketones (excluding diaryl/α,β-unsaturated/α-hetero) is 1. The molecule has 3 aromatic rings. The van der Waals surface area contributed by atoms with E-state index in [0.717, 1.165) is 4.47 Å². The molecule has 132 valence electrons. The molecular formula is C20H15BrO4S. The third-order valence-electron chi connectivity index (χ3n) is 3.65. The van der Waals surface area contributed by atoms with Crippen LogP contribution in [0, 0.1) is 0 Å². The van der Waals surface area contributed by atoms with Gasteiger partial charge in [0.25, 0.3) is 0 Å². The van der Waals surface area contributed by atoms with E-state index in [2.05, 4.69) is 15.9 Å². The summed E-state index contributed by atoms with van der Waals surface area (Å²) < 4.78 is 31.4. The highest BCUT2D eigenvalue weighted by molar-refractivity contribution is 9.10. The lowest BCUT2D eigenvalue weighted by Crippen LogP contribution is -2.16. The van der Waals surface area contributed by atoms with E-state index in [1.807, 2.05) is 30.3 Å². The van der Waals surface area contributed by atoms with Crippen LogP contribution < -0.4 is 4.74 Å². The molecule has 0 aliphatic carbocycles. The Kier molecular flexibility index (Phi) is 5.54. The topological polar surface area (TPSA) is 60.4 Å². The van der Waals surface area contributed by atoms with Gasteiger partial charge in [-0.3, -0.25) is 4.79 Å². The van der Waals surface area contributed by atoms with Crippen LogP contribution in [0.3, 0.4) is 0 Å². The molecule has 0 spiro atoms. The standard InChI is InChI=1S/C20H15BrO4S/c21-16-8-6-15(7-9-16)20(22)14-26(23,24)19-12-10-18(11-13-19)25-17-4-2-1-3-5-17/h1-13H,14H2. The van der Waals surface area contributed by atoms with Crippen molar-refractivity contribution < 1.29 is 17.9 Å². The van der Waals surface area contributed by atoms with Gasteiger partial charge in [-0.15, -0.1) is 0 Å². The van der Waals surface area contributed by atoms with Gasteiger partial charge >= 0.3 is 0 Å². The van der Waals surface area contributed by atoms with Gasteiger partial charge in [-0.25, -0.2) is 8.42 Å². The molecule has 0 heterocycles. The molecule has 0 aliphatic rings. The Balaban J connectivity index is 1.72. The van der Waals surface area contributed by atoms with Crippen molar-refractivity contribution in [2.45, 2.75) is 4.90 Å². The lowest BCUT2D eigenvalue weighted by atomic mass is 10.2. The molecule has 0 aromatic heterocycles. The molecule has 0 saturated heterocycles. The Morgan fingerprint density at radius 3 is 2.00 bits per heavy atom. The van der Waals surface area contributed by atoms with Gasteiger partial charge in [0, 0.05) is 10.0 Å². The second-order valence-corrected chi connectivity index (χ2v) is 8.48. The first kappa shape index (κ1) is 18.4. The predicted octanol–water partition coefficient (Wildman–Crippen LogP) is 4.90. The average molecular weight is 431 g/mol. The van der Waals surface area contributed by atoms with Crippen LogP contribution in [0.5, 0.6) is 11.5 Å². The molecule has 0 amide bonds. The molecule has 3 aromatic carbocycles. The summed E-state index contributed by atoms with van der Waals surface area (Å²) >= 11 is 3.28. The number of para-hydroxylation sites is 1. The molecule has 6 heteroatoms. The minimum atomic E-state index is -3.72. The highest BCUT2D eigenvalue weighted by Crippen LogP contribution is 2.23. The van der Waals surface area contributed by atoms with Gasteiger partial charge in [-0.2, -0.15) is 0 Å². The number of halogens is 1. The van der Waals surface area contributed by atoms with Crippen molar-refractivity contribution in [1.82, 2.24) is 0 Å². The summed E-state index contributed by atoms with van der Waals surface area (Å²) in [6.07, 6.45) is 0. The fourth-order valence-electron chi connectivity index (χ4n) is 2.31. The minimum absolute atomic E-state index is 0.0865. The molecule has 0 N–H and O–H groups in total. The van der Waals surface area contributed by atoms with Crippen molar-refractivity contribution in [3.63, 3.8) is 0 Å². The lowest BCUT2D eigenvalue weighted by molar-refractivity contribution is 0.102. The van der Waals surface area contributed by atoms with Crippen LogP contribution in [0.1, 0.15) is 10.4 Å². The lowest BCUT2D eigenvalue weighted by Gasteiger charge is -2.07. The minimum Gasteiger partial charge on any atom is -0.457 e. The molecule has 26 heavy (non-hydrogen) atoms. The van der Waals surface area contributed by atoms with E-state index >= 15 is 0 Å². The first-order valence-electron chi connectivity index (χ1n) is 7.78. The Morgan fingerprint density at radius 2 is 1.38 bits per heavy atom. The van der Waals surface area contributed by atoms with Gasteiger partial charge in [0.15, 0.2) is 15.6 Å². The van der Waals surface area contributed by atoms with Gasteiger partial charge in [0.2, 0.25) is 0 Å². The van der Waals surface area contributed by atoms with Gasteiger partial charge in [-0.05, 0) is 48.5 Å². The van der Waals surface area contributed by atoms with Crippen molar-refractivity contribution >= 4 is 31.6 Å². The molecule has 0 saturated carbocycles. The molecule has 4 nitrogen and oxygen atoms in total. The van der Waals surface area contributed by atoms with Crippen LogP contribution in [0.15, 0.2) is 88.2 Å². The molecule has 0 bridgehead atoms. The summed E-state index contributed by atoms with van der Waals surface area (Å²) in [4.78, 5) is 12.3. The van der Waals surface area contributed by atoms with Crippen molar-refractivity contribution in [1.29, 1.82) is 0 Å². The van der Waals surface area contributed by atoms with Crippen LogP contribution in [-0.2, 0) is 9.84 Å². The summed E-state index contributed by atoms with van der Waals surface area (Å²) in [5.41, 5.74) is 0.362. The van der Waals surface area contributed by atoms with E-state index in [4.69, 9.17) is 4.74 Å². The van der Waals surface area contributed by atoms with Gasteiger partial charge in [0.05, 0.1) is 4.90 Å². The van der Waals surface area contributed by atoms with E-state index in [9.17, 15) is 13.2 Å². The zero-order valence-electron chi connectivity index (χ0n) is 13.6. The summed E-state index contributed by atoms with van der Waals surface area (Å²) in [6, 6.07) is 21.8. The van der Waals surface area contributed by atoms with Crippen LogP contribution in [0.4, 0.5) is 0 Å². The number of benzene rings is 3. The van der Waals surface area contributed by atoms with Crippen molar-refractivity contribution in [3.8, 4) is 11.5 Å². The van der Waals surface area contributed by atoms with Crippen LogP contribution in [0.2, 0.25) is 0 Å². The number of ether oxygens (including phenoxy) is 1. The molecular weight excluding hydrogens is 416 g/mol. The van der Waals surface area contributed by atoms with Crippen LogP contribution >= 0.6 is 15.9 Å². The maximum Gasteiger partial charge on any atom is 0.185 e. The van der Waals surface area contributed by atoms with Gasteiger partial charge < -0.3 is 4.74 Å². The molecule has 0 unspecified atom stereocenters. The van der Waals surface area contributed by atoms with E-state index < -0.39 is 21.4 Å². The predicted molar refractivity (Wildman–Crippen MR) is 103 cm³/mol. The van der Waals surface area contributed by atoms with E-state index in [-0.39, 0.29) is 4.90 Å². The molecule has 0 atom stereocenters. The number of ketones is 1. The van der Waals surface area contributed by atoms with E-state index in [1.165, 1.54) is 12.1 Å². The van der Waals surface area contributed by atoms with Crippen LogP contribution in [0.25, 0.3) is 0 Å². The number of sulfone groups is 1. The molecule has 0 aliphatic heterocycles. The average Bonchev–Trinajstić information content (AvgIpc) is 2.63. The normalized spacial score (nSPS) is 11.1. The molecule has 0 fully saturated rings. The van der Waals surface area contributed by atoms with Crippen molar-refractivity contribution in [2.75, 3.05) is 5.75 Å². The first-order valence-corrected chi connectivity index (χ1v) is 10.2. The quantitative estimate of drug-likeness (QED) is 0.521.